The molecule has 0 aliphatic heterocycles. The van der Waals surface area contributed by atoms with Crippen molar-refractivity contribution in [3.05, 3.63) is 101 Å². The summed E-state index contributed by atoms with van der Waals surface area (Å²) >= 11 is 5.21. The molecule has 0 bridgehead atoms. The average Bonchev–Trinajstić information content (AvgIpc) is 2.73. The number of hydrogen-bond donors (Lipinski definition) is 2. The normalized spacial score (nSPS) is 10.6. The quantitative estimate of drug-likeness (QED) is 0.355. The highest BCUT2D eigenvalue weighted by atomic mass is 32.1. The average molecular weight is 393 g/mol. The van der Waals surface area contributed by atoms with Gasteiger partial charge in [-0.3, -0.25) is 5.43 Å². The van der Waals surface area contributed by atoms with Crippen molar-refractivity contribution in [1.82, 2.24) is 10.7 Å². The number of hydrogen-bond acceptors (Lipinski definition) is 3. The summed E-state index contributed by atoms with van der Waals surface area (Å²) in [5.41, 5.74) is 5.27. The Kier molecular flexibility index (Phi) is 7.09. The van der Waals surface area contributed by atoms with Crippen LogP contribution in [0.4, 0.5) is 4.39 Å². The number of benzene rings is 3. The number of ether oxygens (including phenoxy) is 1. The molecule has 142 valence electrons. The van der Waals surface area contributed by atoms with E-state index in [1.807, 2.05) is 54.6 Å². The first-order chi connectivity index (χ1) is 13.7. The third-order valence-corrected chi connectivity index (χ3v) is 4.12. The molecule has 4 nitrogen and oxygen atoms in total. The molecular weight excluding hydrogens is 373 g/mol. The minimum Gasteiger partial charge on any atom is -0.489 e. The van der Waals surface area contributed by atoms with Gasteiger partial charge in [0.25, 0.3) is 0 Å². The van der Waals surface area contributed by atoms with Crippen LogP contribution >= 0.6 is 12.2 Å². The lowest BCUT2D eigenvalue weighted by molar-refractivity contribution is 0.300. The Morgan fingerprint density at radius 3 is 2.61 bits per heavy atom. The maximum atomic E-state index is 13.7. The highest BCUT2D eigenvalue weighted by Crippen LogP contribution is 2.15. The fourth-order valence-corrected chi connectivity index (χ4v) is 2.57. The Hall–Kier alpha value is -3.25. The molecule has 0 fully saturated rings. The van der Waals surface area contributed by atoms with Crippen LogP contribution in [-0.2, 0) is 13.2 Å². The zero-order valence-electron chi connectivity index (χ0n) is 15.1. The number of rotatable bonds is 7. The number of halogens is 1. The van der Waals surface area contributed by atoms with Crippen molar-refractivity contribution in [3.63, 3.8) is 0 Å². The second-order valence-electron chi connectivity index (χ2n) is 5.99. The van der Waals surface area contributed by atoms with E-state index < -0.39 is 0 Å². The Balaban J connectivity index is 1.48. The summed E-state index contributed by atoms with van der Waals surface area (Å²) in [6, 6.07) is 23.9. The van der Waals surface area contributed by atoms with Crippen molar-refractivity contribution in [2.24, 2.45) is 5.10 Å². The van der Waals surface area contributed by atoms with Crippen molar-refractivity contribution < 1.29 is 9.13 Å². The molecule has 3 aromatic rings. The minimum absolute atomic E-state index is 0.166. The van der Waals surface area contributed by atoms with Crippen LogP contribution in [0.5, 0.6) is 5.75 Å². The molecule has 0 radical (unpaired) electrons. The SMILES string of the molecule is Fc1ccccc1COc1cccc(C=NNC(=S)NCc2ccccc2)c1. The van der Waals surface area contributed by atoms with Crippen LogP contribution in [0.2, 0.25) is 0 Å². The molecule has 0 heterocycles. The molecular formula is C22H20FN3OS. The van der Waals surface area contributed by atoms with Crippen LogP contribution in [-0.4, -0.2) is 11.3 Å². The molecule has 28 heavy (non-hydrogen) atoms. The molecule has 0 atom stereocenters. The van der Waals surface area contributed by atoms with Gasteiger partial charge in [0.15, 0.2) is 5.11 Å². The van der Waals surface area contributed by atoms with Crippen LogP contribution < -0.4 is 15.5 Å². The highest BCUT2D eigenvalue weighted by molar-refractivity contribution is 7.80. The van der Waals surface area contributed by atoms with E-state index in [9.17, 15) is 4.39 Å². The largest absolute Gasteiger partial charge is 0.489 e. The predicted octanol–water partition coefficient (Wildman–Crippen LogP) is 4.40. The van der Waals surface area contributed by atoms with Gasteiger partial charge in [0.2, 0.25) is 0 Å². The van der Waals surface area contributed by atoms with E-state index in [0.29, 0.717) is 23.0 Å². The molecule has 0 aromatic heterocycles. The van der Waals surface area contributed by atoms with Gasteiger partial charge in [-0.15, -0.1) is 0 Å². The van der Waals surface area contributed by atoms with Crippen molar-refractivity contribution >= 4 is 23.5 Å². The molecule has 0 unspecified atom stereocenters. The zero-order valence-corrected chi connectivity index (χ0v) is 16.0. The van der Waals surface area contributed by atoms with E-state index in [1.165, 1.54) is 6.07 Å². The maximum absolute atomic E-state index is 13.7. The van der Waals surface area contributed by atoms with Crippen molar-refractivity contribution in [2.75, 3.05) is 0 Å². The molecule has 0 spiro atoms. The van der Waals surface area contributed by atoms with Gasteiger partial charge < -0.3 is 10.1 Å². The summed E-state index contributed by atoms with van der Waals surface area (Å²) < 4.78 is 19.3. The first kappa shape index (κ1) is 19.5. The Morgan fingerprint density at radius 2 is 1.79 bits per heavy atom. The van der Waals surface area contributed by atoms with Gasteiger partial charge in [-0.2, -0.15) is 5.10 Å². The Morgan fingerprint density at radius 1 is 1.00 bits per heavy atom. The summed E-state index contributed by atoms with van der Waals surface area (Å²) in [6.07, 6.45) is 1.65. The maximum Gasteiger partial charge on any atom is 0.187 e. The lowest BCUT2D eigenvalue weighted by Gasteiger charge is -2.08. The van der Waals surface area contributed by atoms with Gasteiger partial charge >= 0.3 is 0 Å². The topological polar surface area (TPSA) is 45.6 Å². The monoisotopic (exact) mass is 393 g/mol. The third kappa shape index (κ3) is 6.17. The van der Waals surface area contributed by atoms with Gasteiger partial charge in [0, 0.05) is 12.1 Å². The van der Waals surface area contributed by atoms with Crippen molar-refractivity contribution in [2.45, 2.75) is 13.2 Å². The van der Waals surface area contributed by atoms with Gasteiger partial charge in [-0.1, -0.05) is 60.7 Å². The second kappa shape index (κ2) is 10.2. The van der Waals surface area contributed by atoms with Gasteiger partial charge in [0.1, 0.15) is 18.2 Å². The molecule has 3 aromatic carbocycles. The molecule has 6 heteroatoms. The van der Waals surface area contributed by atoms with E-state index in [2.05, 4.69) is 15.8 Å². The molecule has 0 amide bonds. The summed E-state index contributed by atoms with van der Waals surface area (Å²) in [4.78, 5) is 0. The van der Waals surface area contributed by atoms with E-state index in [0.717, 1.165) is 11.1 Å². The van der Waals surface area contributed by atoms with Crippen LogP contribution in [0, 0.1) is 5.82 Å². The van der Waals surface area contributed by atoms with E-state index in [-0.39, 0.29) is 12.4 Å². The number of nitrogens with one attached hydrogen (secondary N) is 2. The van der Waals surface area contributed by atoms with Crippen LogP contribution in [0.25, 0.3) is 0 Å². The van der Waals surface area contributed by atoms with Crippen molar-refractivity contribution in [1.29, 1.82) is 0 Å². The molecule has 0 saturated heterocycles. The molecule has 3 rings (SSSR count). The zero-order chi connectivity index (χ0) is 19.6. The first-order valence-corrected chi connectivity index (χ1v) is 9.18. The fourth-order valence-electron chi connectivity index (χ4n) is 2.44. The van der Waals surface area contributed by atoms with Gasteiger partial charge in [-0.05, 0) is 41.5 Å². The molecule has 0 aliphatic carbocycles. The number of hydrazone groups is 1. The fraction of sp³-hybridized carbons (Fsp3) is 0.0909. The second-order valence-corrected chi connectivity index (χ2v) is 6.40. The predicted molar refractivity (Wildman–Crippen MR) is 114 cm³/mol. The third-order valence-electron chi connectivity index (χ3n) is 3.89. The van der Waals surface area contributed by atoms with Crippen LogP contribution in [0.3, 0.4) is 0 Å². The summed E-state index contributed by atoms with van der Waals surface area (Å²) in [6.45, 7) is 0.792. The minimum atomic E-state index is -0.277. The first-order valence-electron chi connectivity index (χ1n) is 8.78. The van der Waals surface area contributed by atoms with Crippen LogP contribution in [0.1, 0.15) is 16.7 Å². The number of thiocarbonyl (C=S) groups is 1. The molecule has 0 aliphatic rings. The Labute approximate surface area is 169 Å². The van der Waals surface area contributed by atoms with Gasteiger partial charge in [-0.25, -0.2) is 4.39 Å². The van der Waals surface area contributed by atoms with E-state index in [1.54, 1.807) is 24.4 Å². The summed E-state index contributed by atoms with van der Waals surface area (Å²) in [5, 5.41) is 7.66. The molecule has 2 N–H and O–H groups in total. The van der Waals surface area contributed by atoms with E-state index >= 15 is 0 Å². The lowest BCUT2D eigenvalue weighted by atomic mass is 10.2. The molecule has 0 saturated carbocycles. The smallest absolute Gasteiger partial charge is 0.187 e. The standard InChI is InChI=1S/C22H20FN3OS/c23-21-12-5-4-10-19(21)16-27-20-11-6-9-18(13-20)15-25-26-22(28)24-14-17-7-2-1-3-8-17/h1-13,15H,14,16H2,(H2,24,26,28). The summed E-state index contributed by atoms with van der Waals surface area (Å²) in [5.74, 6) is 0.359. The van der Waals surface area contributed by atoms with Gasteiger partial charge in [0.05, 0.1) is 6.21 Å². The number of nitrogens with zero attached hydrogens (tertiary/aromatic N) is 1. The lowest BCUT2D eigenvalue weighted by Crippen LogP contribution is -2.31. The van der Waals surface area contributed by atoms with Crippen LogP contribution in [0.15, 0.2) is 84.0 Å². The Bertz CT molecular complexity index is 947. The van der Waals surface area contributed by atoms with E-state index in [4.69, 9.17) is 17.0 Å². The summed E-state index contributed by atoms with van der Waals surface area (Å²) in [7, 11) is 0. The highest BCUT2D eigenvalue weighted by Gasteiger charge is 2.02. The van der Waals surface area contributed by atoms with Crippen molar-refractivity contribution in [3.8, 4) is 5.75 Å².